The first kappa shape index (κ1) is 16.2. The van der Waals surface area contributed by atoms with Gasteiger partial charge in [-0.2, -0.15) is 0 Å². The molecular weight excluding hydrogens is 266 g/mol. The lowest BCUT2D eigenvalue weighted by atomic mass is 9.97. The smallest absolute Gasteiger partial charge is 0.244 e. The van der Waals surface area contributed by atoms with Crippen LogP contribution < -0.4 is 5.32 Å². The highest BCUT2D eigenvalue weighted by atomic mass is 35.5. The molecular formula is C13H24ClN3O2. The normalized spacial score (nSPS) is 26.7. The van der Waals surface area contributed by atoms with E-state index in [1.54, 1.807) is 23.9 Å². The third kappa shape index (κ3) is 3.60. The predicted octanol–water partition coefficient (Wildman–Crippen LogP) is 0.487. The van der Waals surface area contributed by atoms with Crippen LogP contribution in [0.4, 0.5) is 0 Å². The average Bonchev–Trinajstić information content (AvgIpc) is 2.87. The average molecular weight is 290 g/mol. The minimum Gasteiger partial charge on any atom is -0.347 e. The number of amides is 2. The molecule has 0 saturated carbocycles. The van der Waals surface area contributed by atoms with Gasteiger partial charge in [-0.1, -0.05) is 0 Å². The Balaban J connectivity index is 0.00000180. The van der Waals surface area contributed by atoms with Crippen LogP contribution in [0.15, 0.2) is 0 Å². The Morgan fingerprint density at radius 3 is 2.53 bits per heavy atom. The lowest BCUT2D eigenvalue weighted by molar-refractivity contribution is -0.145. The number of hydrogen-bond acceptors (Lipinski definition) is 3. The summed E-state index contributed by atoms with van der Waals surface area (Å²) in [5, 5.41) is 3.26. The van der Waals surface area contributed by atoms with Crippen molar-refractivity contribution < 1.29 is 9.59 Å². The molecule has 5 nitrogen and oxygen atoms in total. The second-order valence-electron chi connectivity index (χ2n) is 5.47. The summed E-state index contributed by atoms with van der Waals surface area (Å²) in [6.07, 6.45) is 3.75. The Morgan fingerprint density at radius 2 is 1.95 bits per heavy atom. The zero-order chi connectivity index (χ0) is 13.1. The van der Waals surface area contributed by atoms with Gasteiger partial charge in [0, 0.05) is 27.2 Å². The van der Waals surface area contributed by atoms with E-state index in [4.69, 9.17) is 0 Å². The van der Waals surface area contributed by atoms with Crippen molar-refractivity contribution in [2.45, 2.75) is 31.7 Å². The monoisotopic (exact) mass is 289 g/mol. The number of carbonyl (C=O) groups excluding carboxylic acids is 2. The molecule has 0 aromatic heterocycles. The first-order valence-electron chi connectivity index (χ1n) is 6.83. The first-order chi connectivity index (χ1) is 8.61. The van der Waals surface area contributed by atoms with E-state index in [1.807, 2.05) is 0 Å². The molecule has 1 N–H and O–H groups in total. The Hall–Kier alpha value is -0.810. The molecule has 0 bridgehead atoms. The molecule has 2 saturated heterocycles. The van der Waals surface area contributed by atoms with Crippen LogP contribution in [0, 0.1) is 5.92 Å². The van der Waals surface area contributed by atoms with E-state index in [2.05, 4.69) is 5.32 Å². The third-order valence-corrected chi connectivity index (χ3v) is 3.91. The van der Waals surface area contributed by atoms with Crippen molar-refractivity contribution in [3.05, 3.63) is 0 Å². The fourth-order valence-corrected chi connectivity index (χ4v) is 2.88. The second-order valence-corrected chi connectivity index (χ2v) is 5.47. The largest absolute Gasteiger partial charge is 0.347 e. The summed E-state index contributed by atoms with van der Waals surface area (Å²) in [7, 11) is 3.51. The Bertz CT molecular complexity index is 330. The van der Waals surface area contributed by atoms with Crippen molar-refractivity contribution in [3.63, 3.8) is 0 Å². The summed E-state index contributed by atoms with van der Waals surface area (Å²) >= 11 is 0. The van der Waals surface area contributed by atoms with Gasteiger partial charge in [-0.3, -0.25) is 9.59 Å². The number of piperidine rings is 1. The standard InChI is InChI=1S/C13H23N3O2.ClH/c1-15(2)13(18)11-6-4-8-16(11)12(17)10-5-3-7-14-9-10;/h10-11,14H,3-9H2,1-2H3;1H. The van der Waals surface area contributed by atoms with Crippen molar-refractivity contribution in [1.29, 1.82) is 0 Å². The van der Waals surface area contributed by atoms with Gasteiger partial charge < -0.3 is 15.1 Å². The third-order valence-electron chi connectivity index (χ3n) is 3.91. The summed E-state index contributed by atoms with van der Waals surface area (Å²) in [6.45, 7) is 2.50. The number of nitrogens with one attached hydrogen (secondary N) is 1. The molecule has 2 heterocycles. The van der Waals surface area contributed by atoms with Gasteiger partial charge in [0.2, 0.25) is 11.8 Å². The zero-order valence-corrected chi connectivity index (χ0v) is 12.5. The Kier molecular flexibility index (Phi) is 6.07. The van der Waals surface area contributed by atoms with Crippen molar-refractivity contribution in [2.24, 2.45) is 5.92 Å². The van der Waals surface area contributed by atoms with Gasteiger partial charge in [-0.25, -0.2) is 0 Å². The van der Waals surface area contributed by atoms with Crippen molar-refractivity contribution in [3.8, 4) is 0 Å². The lowest BCUT2D eigenvalue weighted by Gasteiger charge is -2.31. The van der Waals surface area contributed by atoms with Gasteiger partial charge in [-0.15, -0.1) is 12.4 Å². The maximum Gasteiger partial charge on any atom is 0.244 e. The van der Waals surface area contributed by atoms with Crippen LogP contribution >= 0.6 is 12.4 Å². The quantitative estimate of drug-likeness (QED) is 0.805. The van der Waals surface area contributed by atoms with E-state index in [1.165, 1.54) is 0 Å². The molecule has 2 aliphatic heterocycles. The summed E-state index contributed by atoms with van der Waals surface area (Å²) in [4.78, 5) is 27.9. The molecule has 2 amide bonds. The van der Waals surface area contributed by atoms with Crippen molar-refractivity contribution in [2.75, 3.05) is 33.7 Å². The highest BCUT2D eigenvalue weighted by Crippen LogP contribution is 2.23. The molecule has 0 aliphatic carbocycles. The van der Waals surface area contributed by atoms with Crippen LogP contribution in [-0.4, -0.2) is 61.4 Å². The van der Waals surface area contributed by atoms with E-state index >= 15 is 0 Å². The van der Waals surface area contributed by atoms with Gasteiger partial charge in [0.15, 0.2) is 0 Å². The first-order valence-corrected chi connectivity index (χ1v) is 6.83. The maximum absolute atomic E-state index is 12.5. The molecule has 0 aromatic rings. The summed E-state index contributed by atoms with van der Waals surface area (Å²) in [5.74, 6) is 0.291. The van der Waals surface area contributed by atoms with E-state index in [0.29, 0.717) is 0 Å². The Morgan fingerprint density at radius 1 is 1.21 bits per heavy atom. The number of hydrogen-bond donors (Lipinski definition) is 1. The molecule has 19 heavy (non-hydrogen) atoms. The molecule has 0 aromatic carbocycles. The van der Waals surface area contributed by atoms with E-state index < -0.39 is 0 Å². The van der Waals surface area contributed by atoms with Gasteiger partial charge in [-0.05, 0) is 32.2 Å². The molecule has 2 aliphatic rings. The SMILES string of the molecule is CN(C)C(=O)C1CCCN1C(=O)C1CCCNC1.Cl. The molecule has 2 rings (SSSR count). The predicted molar refractivity (Wildman–Crippen MR) is 76.3 cm³/mol. The number of nitrogens with zero attached hydrogens (tertiary/aromatic N) is 2. The number of likely N-dealkylation sites (N-methyl/N-ethyl adjacent to an activating group) is 1. The highest BCUT2D eigenvalue weighted by Gasteiger charge is 2.37. The minimum atomic E-state index is -0.227. The van der Waals surface area contributed by atoms with Crippen LogP contribution in [-0.2, 0) is 9.59 Å². The van der Waals surface area contributed by atoms with Crippen LogP contribution in [0.1, 0.15) is 25.7 Å². The van der Waals surface area contributed by atoms with Crippen LogP contribution in [0.5, 0.6) is 0 Å². The summed E-state index contributed by atoms with van der Waals surface area (Å²) in [6, 6.07) is -0.227. The summed E-state index contributed by atoms with van der Waals surface area (Å²) in [5.41, 5.74) is 0. The number of halogens is 1. The van der Waals surface area contributed by atoms with Crippen LogP contribution in [0.2, 0.25) is 0 Å². The van der Waals surface area contributed by atoms with Crippen molar-refractivity contribution >= 4 is 24.2 Å². The van der Waals surface area contributed by atoms with Crippen LogP contribution in [0.25, 0.3) is 0 Å². The topological polar surface area (TPSA) is 52.7 Å². The van der Waals surface area contributed by atoms with Gasteiger partial charge >= 0.3 is 0 Å². The fraction of sp³-hybridized carbons (Fsp3) is 0.846. The summed E-state index contributed by atoms with van der Waals surface area (Å²) < 4.78 is 0. The highest BCUT2D eigenvalue weighted by molar-refractivity contribution is 5.89. The van der Waals surface area contributed by atoms with E-state index in [-0.39, 0.29) is 36.2 Å². The molecule has 110 valence electrons. The second kappa shape index (κ2) is 7.10. The van der Waals surface area contributed by atoms with E-state index in [9.17, 15) is 9.59 Å². The van der Waals surface area contributed by atoms with Crippen molar-refractivity contribution in [1.82, 2.24) is 15.1 Å². The van der Waals surface area contributed by atoms with Gasteiger partial charge in [0.25, 0.3) is 0 Å². The zero-order valence-electron chi connectivity index (χ0n) is 11.7. The maximum atomic E-state index is 12.5. The molecule has 0 spiro atoms. The molecule has 0 radical (unpaired) electrons. The lowest BCUT2D eigenvalue weighted by Crippen LogP contribution is -2.49. The number of likely N-dealkylation sites (tertiary alicyclic amines) is 1. The fourth-order valence-electron chi connectivity index (χ4n) is 2.88. The number of carbonyl (C=O) groups is 2. The molecule has 2 unspecified atom stereocenters. The minimum absolute atomic E-state index is 0. The van der Waals surface area contributed by atoms with Gasteiger partial charge in [0.05, 0.1) is 5.92 Å². The Labute approximate surface area is 121 Å². The van der Waals surface area contributed by atoms with Crippen LogP contribution in [0.3, 0.4) is 0 Å². The molecule has 2 atom stereocenters. The number of rotatable bonds is 2. The van der Waals surface area contributed by atoms with Gasteiger partial charge in [0.1, 0.15) is 6.04 Å². The molecule has 2 fully saturated rings. The molecule has 6 heteroatoms. The van der Waals surface area contributed by atoms with E-state index in [0.717, 1.165) is 45.3 Å².